The number of hydrogen-bond acceptors (Lipinski definition) is 4. The van der Waals surface area contributed by atoms with Gasteiger partial charge in [-0.2, -0.15) is 4.31 Å². The van der Waals surface area contributed by atoms with Crippen LogP contribution in [0.2, 0.25) is 5.02 Å². The van der Waals surface area contributed by atoms with Gasteiger partial charge in [0.15, 0.2) is 0 Å². The largest absolute Gasteiger partial charge is 0.481 e. The van der Waals surface area contributed by atoms with Gasteiger partial charge in [0.25, 0.3) is 0 Å². The molecule has 33 heavy (non-hydrogen) atoms. The van der Waals surface area contributed by atoms with Crippen molar-refractivity contribution in [3.8, 4) is 11.1 Å². The first-order valence-corrected chi connectivity index (χ1v) is 12.4. The minimum absolute atomic E-state index is 0.0697. The Morgan fingerprint density at radius 1 is 1.15 bits per heavy atom. The number of nitrogens with zero attached hydrogens (tertiary/aromatic N) is 2. The summed E-state index contributed by atoms with van der Waals surface area (Å²) in [7, 11) is -3.94. The molecule has 0 aliphatic heterocycles. The van der Waals surface area contributed by atoms with Crippen molar-refractivity contribution in [2.75, 3.05) is 6.54 Å². The summed E-state index contributed by atoms with van der Waals surface area (Å²) in [5.41, 5.74) is 4.27. The van der Waals surface area contributed by atoms with Crippen molar-refractivity contribution < 1.29 is 18.3 Å². The Morgan fingerprint density at radius 2 is 1.88 bits per heavy atom. The number of aromatic nitrogens is 1. The number of carboxylic acids is 1. The molecule has 3 rings (SSSR count). The summed E-state index contributed by atoms with van der Waals surface area (Å²) in [6.45, 7) is 5.53. The molecular formula is C25H27ClN2O4S. The number of halogens is 1. The van der Waals surface area contributed by atoms with Gasteiger partial charge in [-0.15, -0.1) is 0 Å². The fraction of sp³-hybridized carbons (Fsp3) is 0.280. The molecule has 2 aromatic carbocycles. The van der Waals surface area contributed by atoms with E-state index in [0.29, 0.717) is 10.6 Å². The van der Waals surface area contributed by atoms with Crippen LogP contribution in [0.5, 0.6) is 0 Å². The highest BCUT2D eigenvalue weighted by molar-refractivity contribution is 7.89. The van der Waals surface area contributed by atoms with Crippen molar-refractivity contribution in [2.45, 2.75) is 44.6 Å². The maximum atomic E-state index is 13.7. The molecule has 0 spiro atoms. The van der Waals surface area contributed by atoms with Crippen LogP contribution in [0.3, 0.4) is 0 Å². The number of benzene rings is 2. The molecule has 1 aromatic heterocycles. The highest BCUT2D eigenvalue weighted by atomic mass is 35.5. The molecule has 0 radical (unpaired) electrons. The van der Waals surface area contributed by atoms with Gasteiger partial charge in [0, 0.05) is 36.4 Å². The molecule has 1 N–H and O–H groups in total. The highest BCUT2D eigenvalue weighted by Gasteiger charge is 2.31. The average Bonchev–Trinajstić information content (AvgIpc) is 2.78. The van der Waals surface area contributed by atoms with Crippen LogP contribution >= 0.6 is 11.6 Å². The van der Waals surface area contributed by atoms with E-state index in [4.69, 9.17) is 16.7 Å². The second-order valence-corrected chi connectivity index (χ2v) is 10.2. The zero-order valence-corrected chi connectivity index (χ0v) is 20.4. The molecule has 0 saturated carbocycles. The SMILES string of the molecule is Cc1cnccc1-c1cccc([C@H](C)N(CCCC(=O)O)S(=O)(=O)c2cccc(Cl)c2C)c1. The van der Waals surface area contributed by atoms with E-state index >= 15 is 0 Å². The lowest BCUT2D eigenvalue weighted by Gasteiger charge is -2.29. The first-order chi connectivity index (χ1) is 15.6. The molecule has 0 fully saturated rings. The van der Waals surface area contributed by atoms with Crippen LogP contribution in [0.15, 0.2) is 65.8 Å². The van der Waals surface area contributed by atoms with Crippen molar-refractivity contribution in [2.24, 2.45) is 0 Å². The van der Waals surface area contributed by atoms with Crippen molar-refractivity contribution in [3.05, 3.63) is 82.6 Å². The van der Waals surface area contributed by atoms with E-state index in [2.05, 4.69) is 4.98 Å². The van der Waals surface area contributed by atoms with Crippen LogP contribution in [0.25, 0.3) is 11.1 Å². The van der Waals surface area contributed by atoms with E-state index in [1.807, 2.05) is 44.2 Å². The number of carbonyl (C=O) groups is 1. The Balaban J connectivity index is 2.04. The third-order valence-electron chi connectivity index (χ3n) is 5.71. The predicted molar refractivity (Wildman–Crippen MR) is 130 cm³/mol. The van der Waals surface area contributed by atoms with E-state index in [0.717, 1.165) is 22.3 Å². The second kappa shape index (κ2) is 10.5. The lowest BCUT2D eigenvalue weighted by Crippen LogP contribution is -2.35. The van der Waals surface area contributed by atoms with Gasteiger partial charge < -0.3 is 5.11 Å². The van der Waals surface area contributed by atoms with Crippen LogP contribution in [0.4, 0.5) is 0 Å². The second-order valence-electron chi connectivity index (χ2n) is 7.97. The molecule has 0 aliphatic carbocycles. The Labute approximate surface area is 199 Å². The summed E-state index contributed by atoms with van der Waals surface area (Å²) in [5.74, 6) is -0.964. The number of sulfonamides is 1. The van der Waals surface area contributed by atoms with Crippen molar-refractivity contribution >= 4 is 27.6 Å². The van der Waals surface area contributed by atoms with Gasteiger partial charge in [0.05, 0.1) is 4.90 Å². The number of aliphatic carboxylic acids is 1. The Bertz CT molecular complexity index is 1260. The monoisotopic (exact) mass is 486 g/mol. The van der Waals surface area contributed by atoms with Gasteiger partial charge in [-0.25, -0.2) is 8.42 Å². The summed E-state index contributed by atoms with van der Waals surface area (Å²) in [4.78, 5) is 15.3. The third kappa shape index (κ3) is 5.61. The Morgan fingerprint density at radius 3 is 2.58 bits per heavy atom. The summed E-state index contributed by atoms with van der Waals surface area (Å²) >= 11 is 6.20. The fourth-order valence-electron chi connectivity index (χ4n) is 3.83. The molecule has 0 amide bonds. The van der Waals surface area contributed by atoms with E-state index in [9.17, 15) is 13.2 Å². The number of carboxylic acid groups (broad SMARTS) is 1. The minimum Gasteiger partial charge on any atom is -0.481 e. The highest BCUT2D eigenvalue weighted by Crippen LogP contribution is 2.33. The van der Waals surface area contributed by atoms with Crippen LogP contribution < -0.4 is 0 Å². The van der Waals surface area contributed by atoms with Crippen LogP contribution in [0, 0.1) is 13.8 Å². The molecule has 3 aromatic rings. The molecule has 6 nitrogen and oxygen atoms in total. The maximum absolute atomic E-state index is 13.7. The van der Waals surface area contributed by atoms with E-state index < -0.39 is 22.0 Å². The maximum Gasteiger partial charge on any atom is 0.303 e. The quantitative estimate of drug-likeness (QED) is 0.423. The first kappa shape index (κ1) is 24.9. The number of pyridine rings is 1. The van der Waals surface area contributed by atoms with Gasteiger partial charge in [0.2, 0.25) is 10.0 Å². The molecule has 1 heterocycles. The predicted octanol–water partition coefficient (Wildman–Crippen LogP) is 5.64. The standard InChI is InChI=1S/C25H27ClN2O4S/c1-17-16-27-13-12-22(17)21-8-4-7-20(15-21)19(3)28(14-6-11-25(29)30)33(31,32)24-10-5-9-23(26)18(24)2/h4-5,7-10,12-13,15-16,19H,6,11,14H2,1-3H3,(H,29,30)/t19-/m0/s1. The van der Waals surface area contributed by atoms with Gasteiger partial charge in [0.1, 0.15) is 0 Å². The molecular weight excluding hydrogens is 460 g/mol. The zero-order valence-electron chi connectivity index (χ0n) is 18.8. The number of rotatable bonds is 9. The lowest BCUT2D eigenvalue weighted by atomic mass is 9.98. The summed E-state index contributed by atoms with van der Waals surface area (Å²) in [6.07, 6.45) is 3.59. The van der Waals surface area contributed by atoms with E-state index in [1.165, 1.54) is 10.4 Å². The zero-order chi connectivity index (χ0) is 24.2. The van der Waals surface area contributed by atoms with Gasteiger partial charge in [-0.05, 0) is 79.3 Å². The Kier molecular flexibility index (Phi) is 7.89. The molecule has 0 saturated heterocycles. The van der Waals surface area contributed by atoms with Crippen molar-refractivity contribution in [1.82, 2.24) is 9.29 Å². The smallest absolute Gasteiger partial charge is 0.303 e. The summed E-state index contributed by atoms with van der Waals surface area (Å²) in [5, 5.41) is 9.45. The van der Waals surface area contributed by atoms with Gasteiger partial charge in [-0.3, -0.25) is 9.78 Å². The average molecular weight is 487 g/mol. The molecule has 1 atom stereocenters. The van der Waals surface area contributed by atoms with Crippen LogP contribution in [0.1, 0.15) is 42.5 Å². The summed E-state index contributed by atoms with van der Waals surface area (Å²) in [6, 6.07) is 13.9. The summed E-state index contributed by atoms with van der Waals surface area (Å²) < 4.78 is 28.8. The third-order valence-corrected chi connectivity index (χ3v) is 8.23. The fourth-order valence-corrected chi connectivity index (χ4v) is 5.97. The molecule has 0 aliphatic rings. The topological polar surface area (TPSA) is 87.6 Å². The molecule has 174 valence electrons. The molecule has 8 heteroatoms. The van der Waals surface area contributed by atoms with Gasteiger partial charge >= 0.3 is 5.97 Å². The normalized spacial score (nSPS) is 12.6. The number of aryl methyl sites for hydroxylation is 1. The van der Waals surface area contributed by atoms with Crippen molar-refractivity contribution in [1.29, 1.82) is 0 Å². The lowest BCUT2D eigenvalue weighted by molar-refractivity contribution is -0.137. The minimum atomic E-state index is -3.94. The van der Waals surface area contributed by atoms with E-state index in [1.54, 1.807) is 31.5 Å². The molecule has 0 bridgehead atoms. The Hall–Kier alpha value is -2.74. The van der Waals surface area contributed by atoms with Crippen molar-refractivity contribution in [3.63, 3.8) is 0 Å². The number of hydrogen-bond donors (Lipinski definition) is 1. The van der Waals surface area contributed by atoms with E-state index in [-0.39, 0.29) is 24.3 Å². The molecule has 0 unspecified atom stereocenters. The van der Waals surface area contributed by atoms with Crippen LogP contribution in [-0.4, -0.2) is 35.3 Å². The van der Waals surface area contributed by atoms with Gasteiger partial charge in [-0.1, -0.05) is 35.9 Å². The van der Waals surface area contributed by atoms with Crippen LogP contribution in [-0.2, 0) is 14.8 Å². The first-order valence-electron chi connectivity index (χ1n) is 10.6.